The number of carbonyl (C=O) groups excluding carboxylic acids is 2. The molecule has 2 aromatic rings. The van der Waals surface area contributed by atoms with Crippen LogP contribution in [0.15, 0.2) is 36.5 Å². The van der Waals surface area contributed by atoms with Gasteiger partial charge < -0.3 is 10.1 Å². The van der Waals surface area contributed by atoms with Gasteiger partial charge in [-0.15, -0.1) is 0 Å². The molecule has 0 spiro atoms. The van der Waals surface area contributed by atoms with E-state index in [1.54, 1.807) is 10.9 Å². The predicted octanol–water partition coefficient (Wildman–Crippen LogP) is 3.00. The molecule has 1 atom stereocenters. The molecule has 6 nitrogen and oxygen atoms in total. The second-order valence-electron chi connectivity index (χ2n) is 4.94. The zero-order valence-electron chi connectivity index (χ0n) is 13.0. The Labute approximate surface area is 143 Å². The van der Waals surface area contributed by atoms with E-state index in [0.29, 0.717) is 17.4 Å². The number of halogens is 1. The van der Waals surface area contributed by atoms with Crippen LogP contribution < -0.4 is 5.32 Å². The first-order valence-corrected chi connectivity index (χ1v) is 8.27. The fourth-order valence-electron chi connectivity index (χ4n) is 2.11. The minimum absolute atomic E-state index is 0.0820. The number of methoxy groups -OCH3 is 1. The molecule has 1 aromatic carbocycles. The van der Waals surface area contributed by atoms with Gasteiger partial charge in [0.2, 0.25) is 5.91 Å². The van der Waals surface area contributed by atoms with Crippen molar-refractivity contribution in [3.05, 3.63) is 47.8 Å². The van der Waals surface area contributed by atoms with Crippen LogP contribution in [0.5, 0.6) is 0 Å². The van der Waals surface area contributed by atoms with Gasteiger partial charge in [-0.2, -0.15) is 5.10 Å². The monoisotopic (exact) mass is 379 g/mol. The van der Waals surface area contributed by atoms with Crippen molar-refractivity contribution in [1.82, 2.24) is 9.78 Å². The van der Waals surface area contributed by atoms with Crippen LogP contribution in [-0.2, 0) is 9.53 Å². The van der Waals surface area contributed by atoms with Gasteiger partial charge >= 0.3 is 5.97 Å². The number of nitrogens with zero attached hydrogens (tertiary/aromatic N) is 2. The molecule has 0 saturated heterocycles. The summed E-state index contributed by atoms with van der Waals surface area (Å²) in [4.78, 5) is 23.7. The van der Waals surface area contributed by atoms with Crippen LogP contribution in [0.2, 0.25) is 0 Å². The molecule has 1 heterocycles. The minimum atomic E-state index is -0.585. The summed E-state index contributed by atoms with van der Waals surface area (Å²) in [6.07, 6.45) is 1.95. The lowest BCUT2D eigenvalue weighted by molar-refractivity contribution is -0.115. The van der Waals surface area contributed by atoms with Gasteiger partial charge in [0.1, 0.15) is 0 Å². The molecule has 1 unspecified atom stereocenters. The Morgan fingerprint density at radius 2 is 2.04 bits per heavy atom. The van der Waals surface area contributed by atoms with Crippen molar-refractivity contribution in [2.75, 3.05) is 17.8 Å². The Morgan fingerprint density at radius 3 is 2.65 bits per heavy atom. The molecule has 0 fully saturated rings. The lowest BCUT2D eigenvalue weighted by atomic mass is 10.1. The summed E-state index contributed by atoms with van der Waals surface area (Å²) in [7, 11) is 1.28. The fourth-order valence-corrected chi connectivity index (χ4v) is 2.47. The first-order valence-electron chi connectivity index (χ1n) is 7.15. The summed E-state index contributed by atoms with van der Waals surface area (Å²) in [5, 5.41) is 7.53. The van der Waals surface area contributed by atoms with Crippen LogP contribution in [-0.4, -0.2) is 34.1 Å². The summed E-state index contributed by atoms with van der Waals surface area (Å²) in [5.74, 6) is -0.780. The standard InChI is InChI=1S/C16H18BrN3O3/c1-11(12-6-4-3-5-7-12)20-10-13(18-14(21)8-9-17)15(19-20)16(22)23-2/h3-7,10-11H,8-9H2,1-2H3,(H,18,21). The van der Waals surface area contributed by atoms with Crippen molar-refractivity contribution in [3.8, 4) is 0 Å². The number of amides is 1. The van der Waals surface area contributed by atoms with Gasteiger partial charge in [0, 0.05) is 11.8 Å². The molecule has 1 amide bonds. The van der Waals surface area contributed by atoms with Crippen LogP contribution in [0.1, 0.15) is 35.4 Å². The van der Waals surface area contributed by atoms with Gasteiger partial charge in [0.15, 0.2) is 5.69 Å². The normalized spacial score (nSPS) is 11.8. The maximum absolute atomic E-state index is 11.9. The first-order chi connectivity index (χ1) is 11.1. The molecular weight excluding hydrogens is 362 g/mol. The molecule has 1 aromatic heterocycles. The van der Waals surface area contributed by atoms with Crippen molar-refractivity contribution < 1.29 is 14.3 Å². The van der Waals surface area contributed by atoms with Gasteiger partial charge in [-0.1, -0.05) is 46.3 Å². The SMILES string of the molecule is COC(=O)c1nn(C(C)c2ccccc2)cc1NC(=O)CCBr. The number of carbonyl (C=O) groups is 2. The van der Waals surface area contributed by atoms with E-state index in [1.807, 2.05) is 37.3 Å². The Morgan fingerprint density at radius 1 is 1.35 bits per heavy atom. The van der Waals surface area contributed by atoms with Gasteiger partial charge in [0.25, 0.3) is 0 Å². The summed E-state index contributed by atoms with van der Waals surface area (Å²) >= 11 is 3.21. The average molecular weight is 380 g/mol. The van der Waals surface area contributed by atoms with Gasteiger partial charge in [-0.25, -0.2) is 4.79 Å². The zero-order chi connectivity index (χ0) is 16.8. The second kappa shape index (κ2) is 7.92. The molecule has 0 aliphatic heterocycles. The van der Waals surface area contributed by atoms with E-state index in [-0.39, 0.29) is 17.6 Å². The Balaban J connectivity index is 2.33. The third-order valence-electron chi connectivity index (χ3n) is 3.39. The zero-order valence-corrected chi connectivity index (χ0v) is 14.5. The number of esters is 1. The Hall–Kier alpha value is -2.15. The number of anilines is 1. The highest BCUT2D eigenvalue weighted by Gasteiger charge is 2.21. The maximum Gasteiger partial charge on any atom is 0.360 e. The lowest BCUT2D eigenvalue weighted by Crippen LogP contribution is -2.14. The predicted molar refractivity (Wildman–Crippen MR) is 90.9 cm³/mol. The third-order valence-corrected chi connectivity index (χ3v) is 3.78. The average Bonchev–Trinajstić information content (AvgIpc) is 2.98. The molecule has 122 valence electrons. The van der Waals surface area contributed by atoms with Gasteiger partial charge in [0.05, 0.1) is 25.0 Å². The number of hydrogen-bond acceptors (Lipinski definition) is 4. The number of aromatic nitrogens is 2. The van der Waals surface area contributed by atoms with Crippen molar-refractivity contribution in [2.24, 2.45) is 0 Å². The number of nitrogens with one attached hydrogen (secondary N) is 1. The molecule has 0 aliphatic carbocycles. The molecule has 0 aliphatic rings. The highest BCUT2D eigenvalue weighted by Crippen LogP contribution is 2.22. The van der Waals surface area contributed by atoms with Crippen LogP contribution in [0.25, 0.3) is 0 Å². The number of hydrogen-bond donors (Lipinski definition) is 1. The smallest absolute Gasteiger partial charge is 0.360 e. The quantitative estimate of drug-likeness (QED) is 0.618. The highest BCUT2D eigenvalue weighted by molar-refractivity contribution is 9.09. The molecule has 0 bridgehead atoms. The van der Waals surface area contributed by atoms with Crippen molar-refractivity contribution in [1.29, 1.82) is 0 Å². The molecular formula is C16H18BrN3O3. The number of alkyl halides is 1. The summed E-state index contributed by atoms with van der Waals surface area (Å²) in [6.45, 7) is 1.97. The molecule has 0 radical (unpaired) electrons. The van der Waals surface area contributed by atoms with Crippen molar-refractivity contribution in [2.45, 2.75) is 19.4 Å². The van der Waals surface area contributed by atoms with E-state index in [1.165, 1.54) is 7.11 Å². The van der Waals surface area contributed by atoms with E-state index in [9.17, 15) is 9.59 Å². The molecule has 1 N–H and O–H groups in total. The largest absolute Gasteiger partial charge is 0.464 e. The summed E-state index contributed by atoms with van der Waals surface area (Å²) in [6, 6.07) is 9.69. The van der Waals surface area contributed by atoms with Gasteiger partial charge in [-0.3, -0.25) is 9.48 Å². The number of benzene rings is 1. The molecule has 0 saturated carbocycles. The number of ether oxygens (including phenoxy) is 1. The Bertz CT molecular complexity index is 685. The van der Waals surface area contributed by atoms with E-state index >= 15 is 0 Å². The van der Waals surface area contributed by atoms with E-state index < -0.39 is 5.97 Å². The Kier molecular flexibility index (Phi) is 5.92. The van der Waals surface area contributed by atoms with E-state index in [2.05, 4.69) is 26.3 Å². The van der Waals surface area contributed by atoms with Crippen molar-refractivity contribution >= 4 is 33.5 Å². The fraction of sp³-hybridized carbons (Fsp3) is 0.312. The highest BCUT2D eigenvalue weighted by atomic mass is 79.9. The van der Waals surface area contributed by atoms with Crippen LogP contribution >= 0.6 is 15.9 Å². The molecule has 23 heavy (non-hydrogen) atoms. The maximum atomic E-state index is 11.9. The first kappa shape index (κ1) is 17.2. The number of rotatable bonds is 6. The summed E-state index contributed by atoms with van der Waals surface area (Å²) < 4.78 is 6.39. The van der Waals surface area contributed by atoms with Crippen LogP contribution in [0, 0.1) is 0 Å². The van der Waals surface area contributed by atoms with E-state index in [0.717, 1.165) is 5.56 Å². The second-order valence-corrected chi connectivity index (χ2v) is 5.73. The minimum Gasteiger partial charge on any atom is -0.464 e. The lowest BCUT2D eigenvalue weighted by Gasteiger charge is -2.12. The van der Waals surface area contributed by atoms with Crippen LogP contribution in [0.3, 0.4) is 0 Å². The van der Waals surface area contributed by atoms with Crippen LogP contribution in [0.4, 0.5) is 5.69 Å². The molecule has 2 rings (SSSR count). The molecule has 7 heteroatoms. The third kappa shape index (κ3) is 4.19. The summed E-state index contributed by atoms with van der Waals surface area (Å²) in [5.41, 5.74) is 1.49. The van der Waals surface area contributed by atoms with Gasteiger partial charge in [-0.05, 0) is 12.5 Å². The topological polar surface area (TPSA) is 73.2 Å². The van der Waals surface area contributed by atoms with E-state index in [4.69, 9.17) is 4.74 Å². The van der Waals surface area contributed by atoms with Crippen molar-refractivity contribution in [3.63, 3.8) is 0 Å².